The van der Waals surface area contributed by atoms with Gasteiger partial charge < -0.3 is 70.4 Å². The van der Waals surface area contributed by atoms with Gasteiger partial charge in [0.15, 0.2) is 17.4 Å². The highest BCUT2D eigenvalue weighted by Gasteiger charge is 2.31. The molecule has 10 aromatic carbocycles. The van der Waals surface area contributed by atoms with Crippen molar-refractivity contribution in [1.29, 1.82) is 0 Å². The Balaban J connectivity index is 0.000000146. The van der Waals surface area contributed by atoms with Gasteiger partial charge in [-0.05, 0) is 240 Å². The van der Waals surface area contributed by atoms with Crippen molar-refractivity contribution >= 4 is 22.7 Å². The van der Waals surface area contributed by atoms with Crippen molar-refractivity contribution in [3.8, 4) is 46.1 Å². The third-order valence-corrected chi connectivity index (χ3v) is 24.2. The van der Waals surface area contributed by atoms with Crippen LogP contribution < -0.4 is 23.7 Å². The van der Waals surface area contributed by atoms with Crippen LogP contribution in [0.15, 0.2) is 375 Å². The summed E-state index contributed by atoms with van der Waals surface area (Å²) in [6, 6.07) is 106. The van der Waals surface area contributed by atoms with E-state index in [4.69, 9.17) is 23.7 Å². The van der Waals surface area contributed by atoms with Crippen LogP contribution in [0.5, 0.6) is 46.1 Å². The van der Waals surface area contributed by atoms with Crippen LogP contribution >= 0.6 is 11.8 Å². The number of alkyl halides is 3. The number of para-hydroxylation sites is 7. The number of phenolic OH excluding ortho intramolecular Hbond substituents is 2. The molecule has 1 unspecified atom stereocenters. The number of aromatic nitrogens is 8. The number of aromatic hydroxyl groups is 2. The number of hydrogen-bond donors (Lipinski definition) is 2. The van der Waals surface area contributed by atoms with Crippen molar-refractivity contribution in [3.63, 3.8) is 0 Å². The summed E-state index contributed by atoms with van der Waals surface area (Å²) in [7, 11) is 23.0. The third kappa shape index (κ3) is 27.3. The molecule has 0 saturated heterocycles. The van der Waals surface area contributed by atoms with Crippen LogP contribution in [-0.2, 0) is 94.7 Å². The van der Waals surface area contributed by atoms with Crippen LogP contribution in [0.3, 0.4) is 0 Å². The van der Waals surface area contributed by atoms with Crippen LogP contribution in [0.25, 0.3) is 10.9 Å². The first-order valence-electron chi connectivity index (χ1n) is 43.7. The van der Waals surface area contributed by atoms with Crippen molar-refractivity contribution in [2.45, 2.75) is 81.8 Å². The molecule has 18 aromatic rings. The Morgan fingerprint density at radius 3 is 1.30 bits per heavy atom. The summed E-state index contributed by atoms with van der Waals surface area (Å²) in [6.07, 6.45) is 13.9. The molecule has 132 heavy (non-hydrogen) atoms. The fraction of sp³-hybridized carbons (Fsp3) is 0.204. The van der Waals surface area contributed by atoms with E-state index >= 15 is 0 Å². The van der Waals surface area contributed by atoms with E-state index in [1.165, 1.54) is 84.3 Å². The molecule has 0 aliphatic rings. The normalized spacial score (nSPS) is 10.9. The van der Waals surface area contributed by atoms with E-state index in [1.807, 2.05) is 228 Å². The van der Waals surface area contributed by atoms with Gasteiger partial charge in [0.2, 0.25) is 0 Å². The van der Waals surface area contributed by atoms with Gasteiger partial charge in [-0.25, -0.2) is 0 Å². The maximum absolute atomic E-state index is 12.7. The lowest BCUT2D eigenvalue weighted by atomic mass is 9.88. The van der Waals surface area contributed by atoms with Gasteiger partial charge in [0.1, 0.15) is 28.7 Å². The Labute approximate surface area is 780 Å². The van der Waals surface area contributed by atoms with Gasteiger partial charge in [-0.2, -0.15) is 13.2 Å². The molecule has 0 radical (unpaired) electrons. The Bertz CT molecular complexity index is 6420. The monoisotopic (exact) mass is 1790 g/mol. The predicted molar refractivity (Wildman–Crippen MR) is 531 cm³/mol. The largest absolute Gasteiger partial charge is 0.508 e. The predicted octanol–water partition coefficient (Wildman–Crippen LogP) is 26.1. The van der Waals surface area contributed by atoms with Gasteiger partial charge >= 0.3 is 6.18 Å². The maximum Gasteiger partial charge on any atom is 0.416 e. The van der Waals surface area contributed by atoms with Crippen molar-refractivity contribution in [1.82, 2.24) is 36.5 Å². The van der Waals surface area contributed by atoms with Gasteiger partial charge in [0.05, 0.1) is 49.8 Å². The summed E-state index contributed by atoms with van der Waals surface area (Å²) in [4.78, 5) is 1.14. The minimum atomic E-state index is -4.28. The average Bonchev–Trinajstić information content (AvgIpc) is 1.59. The maximum atomic E-state index is 12.7. The topological polar surface area (TPSA) is 126 Å². The summed E-state index contributed by atoms with van der Waals surface area (Å²) in [5.41, 5.74) is 19.9. The fourth-order valence-electron chi connectivity index (χ4n) is 15.3. The highest BCUT2D eigenvalue weighted by molar-refractivity contribution is 7.99. The SMILES string of the molecule is COc1ccccc1C(c1ccccc1)c1cccn1C.COc1ccccc1Cc1cc2ccccc2n1C.COc1ccccc1Oc1cccn1C.COc1ccccc1Sc1cccn1C.Cc1cc(C(F)(F)F)cc(C)c1Cc1cccn1C.Cc1ccc(Cc2cccn2C)c(O)c1.Cc1ccccc1Cc1cccn1C.Cn1cccc1Cc1ccccc1O. The first-order valence-corrected chi connectivity index (χ1v) is 44.5. The molecule has 18 rings (SSSR count). The van der Waals surface area contributed by atoms with Crippen LogP contribution in [0.2, 0.25) is 0 Å². The van der Waals surface area contributed by atoms with Crippen molar-refractivity contribution in [2.75, 3.05) is 28.4 Å². The molecule has 0 fully saturated rings. The number of phenols is 2. The molecule has 682 valence electrons. The Morgan fingerprint density at radius 2 is 0.780 bits per heavy atom. The van der Waals surface area contributed by atoms with E-state index in [2.05, 4.69) is 220 Å². The lowest BCUT2D eigenvalue weighted by molar-refractivity contribution is -0.137. The van der Waals surface area contributed by atoms with E-state index < -0.39 is 11.7 Å². The van der Waals surface area contributed by atoms with E-state index in [-0.39, 0.29) is 5.92 Å². The van der Waals surface area contributed by atoms with Crippen molar-refractivity contribution < 1.29 is 47.1 Å². The summed E-state index contributed by atoms with van der Waals surface area (Å²) >= 11 is 1.71. The molecule has 0 bridgehead atoms. The Hall–Kier alpha value is -14.6. The number of methoxy groups -OCH3 is 4. The molecule has 0 aliphatic carbocycles. The highest BCUT2D eigenvalue weighted by Crippen LogP contribution is 2.40. The van der Waals surface area contributed by atoms with Crippen LogP contribution in [0.1, 0.15) is 107 Å². The number of aryl methyl sites for hydroxylation is 12. The molecule has 19 heteroatoms. The number of fused-ring (bicyclic) bond motifs is 1. The molecule has 15 nitrogen and oxygen atoms in total. The summed E-state index contributed by atoms with van der Waals surface area (Å²) in [5, 5.41) is 21.9. The smallest absolute Gasteiger partial charge is 0.416 e. The van der Waals surface area contributed by atoms with Gasteiger partial charge in [0, 0.05) is 183 Å². The van der Waals surface area contributed by atoms with Crippen molar-refractivity contribution in [2.24, 2.45) is 56.4 Å². The second-order valence-corrected chi connectivity index (χ2v) is 33.3. The molecule has 0 amide bonds. The minimum Gasteiger partial charge on any atom is -0.508 e. The quantitative estimate of drug-likeness (QED) is 0.0729. The fourth-order valence-corrected chi connectivity index (χ4v) is 16.3. The van der Waals surface area contributed by atoms with Crippen LogP contribution in [0.4, 0.5) is 13.2 Å². The highest BCUT2D eigenvalue weighted by atomic mass is 32.2. The average molecular weight is 1790 g/mol. The van der Waals surface area contributed by atoms with Gasteiger partial charge in [-0.3, -0.25) is 0 Å². The molecular formula is C113H121F3N8O7S. The minimum absolute atomic E-state index is 0.169. The lowest BCUT2D eigenvalue weighted by Crippen LogP contribution is -2.09. The standard InChI is InChI=1S/C19H19NO.C17H17NO.C15H16F3N.C13H15NO.C13H15N.C12H13NO2.C12H13NOS.C12H13NO/c1-20-14-8-12-17(20)19(15-9-4-3-5-10-15)16-11-6-7-13-18(16)21-2;1-18-15(11-13-7-3-5-9-16(13)18)12-14-8-4-6-10-17(14)19-2;1-10-7-12(15(16,17)18)8-11(2)14(10)9-13-5-4-6-19(13)3;1-10-5-6-11(13(15)8-10)9-12-4-3-7-14(12)2;1-11-6-3-4-7-12(11)10-13-8-5-9-14(13)2;2*1-13-9-5-8-12(13)15-11-7-4-3-6-10(11)14-2;1-13-8-4-6-11(13)9-10-5-2-3-7-12(10)14/h3-14,19H,1-2H3;3-11H,12H2,1-2H3;4-8H,9H2,1-3H3;3-8,15H,9H2,1-2H3;3-9H,10H2,1-2H3;2*3-9H,1-2H3;2-8,14H,9H2,1H3. The summed E-state index contributed by atoms with van der Waals surface area (Å²) in [5.74, 6) is 5.97. The summed E-state index contributed by atoms with van der Waals surface area (Å²) < 4.78 is 82.1. The van der Waals surface area contributed by atoms with E-state index in [9.17, 15) is 23.4 Å². The number of halogens is 3. The second-order valence-electron chi connectivity index (χ2n) is 32.2. The molecular weight excluding hydrogens is 1670 g/mol. The molecule has 1 atom stereocenters. The van der Waals surface area contributed by atoms with Crippen molar-refractivity contribution in [3.05, 3.63) is 466 Å². The molecule has 2 N–H and O–H groups in total. The zero-order valence-electron chi connectivity index (χ0n) is 78.3. The van der Waals surface area contributed by atoms with Gasteiger partial charge in [0.25, 0.3) is 0 Å². The number of hydrogen-bond acceptors (Lipinski definition) is 8. The molecule has 0 aliphatic heterocycles. The first-order chi connectivity index (χ1) is 63.7. The molecule has 0 saturated carbocycles. The van der Waals surface area contributed by atoms with Crippen LogP contribution in [0, 0.1) is 27.7 Å². The van der Waals surface area contributed by atoms with E-state index in [0.717, 1.165) is 93.2 Å². The Kier molecular flexibility index (Phi) is 35.8. The first kappa shape index (κ1) is 98.0. The number of ether oxygens (including phenoxy) is 5. The number of nitrogens with zero attached hydrogens (tertiary/aromatic N) is 8. The summed E-state index contributed by atoms with van der Waals surface area (Å²) in [6.45, 7) is 7.62. The van der Waals surface area contributed by atoms with Crippen LogP contribution in [-0.4, -0.2) is 75.2 Å². The molecule has 8 heterocycles. The lowest BCUT2D eigenvalue weighted by Gasteiger charge is -2.21. The number of rotatable bonds is 21. The second kappa shape index (κ2) is 48.2. The van der Waals surface area contributed by atoms with E-state index in [0.29, 0.717) is 29.0 Å². The zero-order valence-corrected chi connectivity index (χ0v) is 79.1. The van der Waals surface area contributed by atoms with E-state index in [1.54, 1.807) is 66.2 Å². The number of benzene rings is 10. The third-order valence-electron chi connectivity index (χ3n) is 23.0. The zero-order chi connectivity index (χ0) is 94.2. The van der Waals surface area contributed by atoms with Gasteiger partial charge in [-0.15, -0.1) is 0 Å². The molecule has 8 aromatic heterocycles. The molecule has 0 spiro atoms. The Morgan fingerprint density at radius 1 is 0.333 bits per heavy atom. The van der Waals surface area contributed by atoms with Gasteiger partial charge in [-0.1, -0.05) is 176 Å².